The van der Waals surface area contributed by atoms with Gasteiger partial charge in [-0.05, 0) is 25.6 Å². The molecular weight excluding hydrogens is 196 g/mol. The Hall–Kier alpha value is -0.450. The van der Waals surface area contributed by atoms with Crippen LogP contribution >= 0.6 is 11.8 Å². The lowest BCUT2D eigenvalue weighted by atomic mass is 10.3. The lowest BCUT2D eigenvalue weighted by Gasteiger charge is -1.97. The van der Waals surface area contributed by atoms with Gasteiger partial charge in [-0.1, -0.05) is 0 Å². The second-order valence-corrected chi connectivity index (χ2v) is 4.30. The lowest BCUT2D eigenvalue weighted by molar-refractivity contribution is 0.466. The normalized spacial score (nSPS) is 10.8. The zero-order valence-electron chi connectivity index (χ0n) is 8.80. The summed E-state index contributed by atoms with van der Waals surface area (Å²) in [5.41, 5.74) is 6.64. The highest BCUT2D eigenvalue weighted by atomic mass is 32.2. The molecule has 0 spiro atoms. The number of hydrogen-bond donors (Lipinski definition) is 2. The number of nitrogens with two attached hydrogens (primary N) is 1. The van der Waals surface area contributed by atoms with E-state index in [1.807, 2.05) is 18.8 Å². The van der Waals surface area contributed by atoms with Gasteiger partial charge in [0.15, 0.2) is 0 Å². The molecule has 80 valence electrons. The highest BCUT2D eigenvalue weighted by molar-refractivity contribution is 7.98. The number of hydrogen-bond acceptors (Lipinski definition) is 4. The average molecular weight is 214 g/mol. The van der Waals surface area contributed by atoms with Crippen LogP contribution in [0.4, 0.5) is 0 Å². The molecule has 0 saturated carbocycles. The molecule has 3 N–H and O–H groups in total. The maximum atomic E-state index is 5.68. The van der Waals surface area contributed by atoms with Gasteiger partial charge in [0.25, 0.3) is 0 Å². The highest BCUT2D eigenvalue weighted by Gasteiger charge is 2.06. The van der Waals surface area contributed by atoms with Crippen LogP contribution in [0.5, 0.6) is 0 Å². The summed E-state index contributed by atoms with van der Waals surface area (Å²) in [5.74, 6) is 3.99. The summed E-state index contributed by atoms with van der Waals surface area (Å²) in [6.07, 6.45) is 0. The van der Waals surface area contributed by atoms with E-state index in [1.165, 1.54) is 5.56 Å². The first kappa shape index (κ1) is 11.6. The van der Waals surface area contributed by atoms with Crippen molar-refractivity contribution in [1.82, 2.24) is 5.32 Å². The molecule has 0 radical (unpaired) electrons. The molecular formula is C10H18N2OS. The molecule has 0 fully saturated rings. The molecule has 0 saturated heterocycles. The van der Waals surface area contributed by atoms with Gasteiger partial charge in [0.2, 0.25) is 0 Å². The topological polar surface area (TPSA) is 51.2 Å². The Morgan fingerprint density at radius 3 is 3.00 bits per heavy atom. The van der Waals surface area contributed by atoms with E-state index in [-0.39, 0.29) is 0 Å². The predicted molar refractivity (Wildman–Crippen MR) is 61.4 cm³/mol. The van der Waals surface area contributed by atoms with E-state index in [4.69, 9.17) is 10.2 Å². The van der Waals surface area contributed by atoms with E-state index in [1.54, 1.807) is 0 Å². The number of aryl methyl sites for hydroxylation is 1. The number of rotatable bonds is 6. The molecule has 1 heterocycles. The van der Waals surface area contributed by atoms with Crippen LogP contribution in [0.25, 0.3) is 0 Å². The smallest absolute Gasteiger partial charge is 0.120 e. The Bertz CT molecular complexity index is 273. The molecule has 1 aromatic rings. The van der Waals surface area contributed by atoms with Crippen molar-refractivity contribution < 1.29 is 4.42 Å². The fraction of sp³-hybridized carbons (Fsp3) is 0.600. The van der Waals surface area contributed by atoms with Crippen LogP contribution in [0.1, 0.15) is 17.1 Å². The van der Waals surface area contributed by atoms with Gasteiger partial charge in [0, 0.05) is 12.3 Å². The molecule has 3 nitrogen and oxygen atoms in total. The predicted octanol–water partition coefficient (Wildman–Crippen LogP) is 1.50. The molecule has 0 bridgehead atoms. The minimum atomic E-state index is 0.730. The molecule has 0 atom stereocenters. The quantitative estimate of drug-likeness (QED) is 0.705. The molecule has 1 aromatic heterocycles. The van der Waals surface area contributed by atoms with Gasteiger partial charge in [-0.15, -0.1) is 0 Å². The summed E-state index contributed by atoms with van der Waals surface area (Å²) in [7, 11) is 1.92. The summed E-state index contributed by atoms with van der Waals surface area (Å²) in [6.45, 7) is 3.61. The van der Waals surface area contributed by atoms with Crippen molar-refractivity contribution in [3.05, 3.63) is 23.2 Å². The van der Waals surface area contributed by atoms with Crippen molar-refractivity contribution in [2.24, 2.45) is 5.73 Å². The largest absolute Gasteiger partial charge is 0.464 e. The summed E-state index contributed by atoms with van der Waals surface area (Å²) in [5, 5.41) is 3.08. The van der Waals surface area contributed by atoms with E-state index in [0.717, 1.165) is 36.1 Å². The van der Waals surface area contributed by atoms with E-state index in [0.29, 0.717) is 0 Å². The average Bonchev–Trinajstić information content (AvgIpc) is 2.49. The fourth-order valence-corrected chi connectivity index (χ4v) is 1.91. The summed E-state index contributed by atoms with van der Waals surface area (Å²) in [6, 6.07) is 2.11. The summed E-state index contributed by atoms with van der Waals surface area (Å²) >= 11 is 1.81. The van der Waals surface area contributed by atoms with Crippen LogP contribution in [-0.2, 0) is 12.3 Å². The zero-order valence-corrected chi connectivity index (χ0v) is 9.62. The van der Waals surface area contributed by atoms with Crippen LogP contribution < -0.4 is 11.1 Å². The standard InChI is InChI=1S/C10H18N2OS/c1-8-5-9(7-14-4-3-11)13-10(8)6-12-2/h5,12H,3-4,6-7,11H2,1-2H3. The van der Waals surface area contributed by atoms with E-state index in [9.17, 15) is 0 Å². The van der Waals surface area contributed by atoms with Crippen molar-refractivity contribution in [3.8, 4) is 0 Å². The Labute approximate surface area is 89.4 Å². The lowest BCUT2D eigenvalue weighted by Crippen LogP contribution is -2.04. The number of furan rings is 1. The third-order valence-corrected chi connectivity index (χ3v) is 2.93. The summed E-state index contributed by atoms with van der Waals surface area (Å²) in [4.78, 5) is 0. The Morgan fingerprint density at radius 1 is 1.57 bits per heavy atom. The van der Waals surface area contributed by atoms with Gasteiger partial charge in [-0.25, -0.2) is 0 Å². The zero-order chi connectivity index (χ0) is 10.4. The molecule has 14 heavy (non-hydrogen) atoms. The van der Waals surface area contributed by atoms with Crippen molar-refractivity contribution in [2.45, 2.75) is 19.2 Å². The van der Waals surface area contributed by atoms with Crippen LogP contribution in [0.3, 0.4) is 0 Å². The molecule has 0 aliphatic heterocycles. The SMILES string of the molecule is CNCc1oc(CSCCN)cc1C. The van der Waals surface area contributed by atoms with E-state index < -0.39 is 0 Å². The van der Waals surface area contributed by atoms with Crippen LogP contribution in [-0.4, -0.2) is 19.3 Å². The van der Waals surface area contributed by atoms with Gasteiger partial charge in [-0.3, -0.25) is 0 Å². The van der Waals surface area contributed by atoms with E-state index >= 15 is 0 Å². The second-order valence-electron chi connectivity index (χ2n) is 3.19. The fourth-order valence-electron chi connectivity index (χ4n) is 1.25. The van der Waals surface area contributed by atoms with Crippen LogP contribution in [0, 0.1) is 6.92 Å². The van der Waals surface area contributed by atoms with Crippen LogP contribution in [0.15, 0.2) is 10.5 Å². The molecule has 0 aliphatic rings. The Balaban J connectivity index is 2.48. The minimum Gasteiger partial charge on any atom is -0.464 e. The minimum absolute atomic E-state index is 0.730. The van der Waals surface area contributed by atoms with Crippen molar-refractivity contribution >= 4 is 11.8 Å². The Kier molecular flexibility index (Phi) is 5.07. The molecule has 0 unspecified atom stereocenters. The van der Waals surface area contributed by atoms with E-state index in [2.05, 4.69) is 18.3 Å². The van der Waals surface area contributed by atoms with Gasteiger partial charge in [0.1, 0.15) is 11.5 Å². The first-order valence-corrected chi connectivity index (χ1v) is 5.94. The molecule has 4 heteroatoms. The maximum absolute atomic E-state index is 5.68. The first-order valence-electron chi connectivity index (χ1n) is 4.78. The third-order valence-electron chi connectivity index (χ3n) is 1.92. The maximum Gasteiger partial charge on any atom is 0.120 e. The van der Waals surface area contributed by atoms with Crippen molar-refractivity contribution in [2.75, 3.05) is 19.3 Å². The van der Waals surface area contributed by atoms with Gasteiger partial charge >= 0.3 is 0 Å². The highest BCUT2D eigenvalue weighted by Crippen LogP contribution is 2.19. The molecule has 1 rings (SSSR count). The molecule has 0 aliphatic carbocycles. The van der Waals surface area contributed by atoms with Gasteiger partial charge in [-0.2, -0.15) is 11.8 Å². The van der Waals surface area contributed by atoms with Gasteiger partial charge in [0.05, 0.1) is 12.3 Å². The van der Waals surface area contributed by atoms with Gasteiger partial charge < -0.3 is 15.5 Å². The molecule has 0 amide bonds. The monoisotopic (exact) mass is 214 g/mol. The van der Waals surface area contributed by atoms with Crippen LogP contribution in [0.2, 0.25) is 0 Å². The number of nitrogens with one attached hydrogen (secondary N) is 1. The molecule has 0 aromatic carbocycles. The number of thioether (sulfide) groups is 1. The second kappa shape index (κ2) is 6.11. The van der Waals surface area contributed by atoms with Crippen molar-refractivity contribution in [1.29, 1.82) is 0 Å². The third kappa shape index (κ3) is 3.36. The summed E-state index contributed by atoms with van der Waals surface area (Å²) < 4.78 is 5.68. The first-order chi connectivity index (χ1) is 6.77. The Morgan fingerprint density at radius 2 is 2.36 bits per heavy atom. The van der Waals surface area contributed by atoms with Crippen molar-refractivity contribution in [3.63, 3.8) is 0 Å².